The summed E-state index contributed by atoms with van der Waals surface area (Å²) >= 11 is 1.80. The van der Waals surface area contributed by atoms with Crippen LogP contribution in [-0.4, -0.2) is 79.2 Å². The Labute approximate surface area is 188 Å². The van der Waals surface area contributed by atoms with Crippen LogP contribution in [0.1, 0.15) is 23.5 Å². The quantitative estimate of drug-likeness (QED) is 0.346. The first-order chi connectivity index (χ1) is 13.2. The minimum atomic E-state index is 0. The molecule has 9 heteroatoms. The van der Waals surface area contributed by atoms with Gasteiger partial charge in [-0.1, -0.05) is 11.2 Å². The van der Waals surface area contributed by atoms with Crippen molar-refractivity contribution in [3.05, 3.63) is 40.4 Å². The number of hydrogen-bond donors (Lipinski definition) is 1. The maximum Gasteiger partial charge on any atom is 0.194 e. The van der Waals surface area contributed by atoms with Crippen LogP contribution in [0.5, 0.6) is 0 Å². The molecule has 0 saturated carbocycles. The van der Waals surface area contributed by atoms with Crippen molar-refractivity contribution < 1.29 is 4.52 Å². The summed E-state index contributed by atoms with van der Waals surface area (Å²) in [5.41, 5.74) is 0.994. The molecule has 1 saturated heterocycles. The molecule has 28 heavy (non-hydrogen) atoms. The van der Waals surface area contributed by atoms with Crippen LogP contribution in [0.25, 0.3) is 0 Å². The van der Waals surface area contributed by atoms with Gasteiger partial charge in [0.05, 0.1) is 18.3 Å². The van der Waals surface area contributed by atoms with Gasteiger partial charge < -0.3 is 19.6 Å². The Hall–Kier alpha value is -1.17. The van der Waals surface area contributed by atoms with Gasteiger partial charge in [-0.2, -0.15) is 0 Å². The number of likely N-dealkylation sites (N-methyl/N-ethyl adjacent to an activating group) is 1. The molecular formula is C19H31IN6OS. The molecule has 156 valence electrons. The van der Waals surface area contributed by atoms with Gasteiger partial charge in [0.15, 0.2) is 5.96 Å². The van der Waals surface area contributed by atoms with E-state index in [4.69, 9.17) is 9.52 Å². The van der Waals surface area contributed by atoms with E-state index in [0.29, 0.717) is 6.04 Å². The van der Waals surface area contributed by atoms with E-state index in [0.717, 1.165) is 57.5 Å². The highest BCUT2D eigenvalue weighted by atomic mass is 127. The summed E-state index contributed by atoms with van der Waals surface area (Å²) < 4.78 is 4.93. The Kier molecular flexibility index (Phi) is 9.69. The molecule has 1 aliphatic heterocycles. The fourth-order valence-corrected chi connectivity index (χ4v) is 4.17. The molecule has 1 unspecified atom stereocenters. The Balaban J connectivity index is 0.00000280. The number of hydrogen-bond acceptors (Lipinski definition) is 6. The summed E-state index contributed by atoms with van der Waals surface area (Å²) in [7, 11) is 4.24. The van der Waals surface area contributed by atoms with E-state index < -0.39 is 0 Å². The average molecular weight is 518 g/mol. The van der Waals surface area contributed by atoms with E-state index in [1.54, 1.807) is 17.6 Å². The maximum absolute atomic E-state index is 4.97. The highest BCUT2D eigenvalue weighted by molar-refractivity contribution is 14.0. The van der Waals surface area contributed by atoms with Crippen molar-refractivity contribution in [2.24, 2.45) is 4.99 Å². The van der Waals surface area contributed by atoms with Crippen molar-refractivity contribution in [1.82, 2.24) is 25.2 Å². The third-order valence-electron chi connectivity index (χ3n) is 4.79. The smallest absolute Gasteiger partial charge is 0.194 e. The Bertz CT molecular complexity index is 683. The zero-order valence-corrected chi connectivity index (χ0v) is 20.0. The van der Waals surface area contributed by atoms with Gasteiger partial charge in [0.25, 0.3) is 0 Å². The molecule has 0 bridgehead atoms. The van der Waals surface area contributed by atoms with Crippen LogP contribution in [0.15, 0.2) is 39.4 Å². The van der Waals surface area contributed by atoms with E-state index in [1.807, 2.05) is 6.07 Å². The summed E-state index contributed by atoms with van der Waals surface area (Å²) in [4.78, 5) is 13.3. The predicted molar refractivity (Wildman–Crippen MR) is 125 cm³/mol. The summed E-state index contributed by atoms with van der Waals surface area (Å²) in [6.45, 7) is 8.54. The normalized spacial score (nSPS) is 16.9. The Morgan fingerprint density at radius 3 is 2.68 bits per heavy atom. The first-order valence-electron chi connectivity index (χ1n) is 9.52. The second kappa shape index (κ2) is 11.7. The minimum absolute atomic E-state index is 0. The van der Waals surface area contributed by atoms with Crippen molar-refractivity contribution in [2.45, 2.75) is 19.5 Å². The highest BCUT2D eigenvalue weighted by Gasteiger charge is 2.21. The number of nitrogens with zero attached hydrogens (tertiary/aromatic N) is 5. The topological polar surface area (TPSA) is 60.1 Å². The van der Waals surface area contributed by atoms with Gasteiger partial charge >= 0.3 is 0 Å². The number of halogens is 1. The lowest BCUT2D eigenvalue weighted by Crippen LogP contribution is -2.52. The molecule has 7 nitrogen and oxygen atoms in total. The SMILES string of the molecule is CCNC(=NCC(c1cccs1)N(C)C)N1CCN(Cc2ccon2)CC1.I. The number of nitrogens with one attached hydrogen (secondary N) is 1. The van der Waals surface area contributed by atoms with E-state index in [1.165, 1.54) is 4.88 Å². The number of rotatable bonds is 7. The van der Waals surface area contributed by atoms with Crippen LogP contribution in [-0.2, 0) is 6.54 Å². The van der Waals surface area contributed by atoms with Crippen LogP contribution < -0.4 is 5.32 Å². The average Bonchev–Trinajstić information content (AvgIpc) is 3.36. The predicted octanol–water partition coefficient (Wildman–Crippen LogP) is 2.74. The molecule has 1 aliphatic rings. The number of aliphatic imine (C=N–C) groups is 1. The fraction of sp³-hybridized carbons (Fsp3) is 0.579. The third-order valence-corrected chi connectivity index (χ3v) is 5.77. The number of aromatic nitrogens is 1. The lowest BCUT2D eigenvalue weighted by atomic mass is 10.2. The molecule has 2 aromatic rings. The van der Waals surface area contributed by atoms with Gasteiger partial charge in [-0.3, -0.25) is 9.89 Å². The molecule has 0 amide bonds. The molecule has 0 radical (unpaired) electrons. The second-order valence-electron chi connectivity index (χ2n) is 6.94. The van der Waals surface area contributed by atoms with Gasteiger partial charge in [-0.25, -0.2) is 0 Å². The van der Waals surface area contributed by atoms with Gasteiger partial charge in [0.1, 0.15) is 6.26 Å². The van der Waals surface area contributed by atoms with Crippen LogP contribution in [0.4, 0.5) is 0 Å². The van der Waals surface area contributed by atoms with E-state index in [9.17, 15) is 0 Å². The molecule has 0 spiro atoms. The van der Waals surface area contributed by atoms with Crippen molar-refractivity contribution in [2.75, 3.05) is 53.4 Å². The van der Waals surface area contributed by atoms with Crippen molar-refractivity contribution >= 4 is 41.3 Å². The largest absolute Gasteiger partial charge is 0.364 e. The first-order valence-corrected chi connectivity index (χ1v) is 10.4. The van der Waals surface area contributed by atoms with Crippen LogP contribution in [0.2, 0.25) is 0 Å². The molecule has 1 fully saturated rings. The number of piperazine rings is 1. The molecule has 1 N–H and O–H groups in total. The van der Waals surface area contributed by atoms with Crippen LogP contribution >= 0.6 is 35.3 Å². The van der Waals surface area contributed by atoms with Crippen LogP contribution in [0.3, 0.4) is 0 Å². The van der Waals surface area contributed by atoms with Crippen molar-refractivity contribution in [3.8, 4) is 0 Å². The maximum atomic E-state index is 4.97. The Morgan fingerprint density at radius 2 is 2.11 bits per heavy atom. The van der Waals surface area contributed by atoms with E-state index >= 15 is 0 Å². The molecule has 0 aromatic carbocycles. The summed E-state index contributed by atoms with van der Waals surface area (Å²) in [5.74, 6) is 1.02. The lowest BCUT2D eigenvalue weighted by Gasteiger charge is -2.36. The monoisotopic (exact) mass is 518 g/mol. The van der Waals surface area contributed by atoms with E-state index in [-0.39, 0.29) is 24.0 Å². The van der Waals surface area contributed by atoms with E-state index in [2.05, 4.69) is 63.7 Å². The zero-order chi connectivity index (χ0) is 19.1. The summed E-state index contributed by atoms with van der Waals surface area (Å²) in [6, 6.07) is 6.55. The van der Waals surface area contributed by atoms with Crippen molar-refractivity contribution in [3.63, 3.8) is 0 Å². The molecule has 3 rings (SSSR count). The number of thiophene rings is 1. The van der Waals surface area contributed by atoms with Gasteiger partial charge in [-0.15, -0.1) is 35.3 Å². The standard InChI is InChI=1S/C19H30N6OS.HI/c1-4-20-19(21-14-17(23(2)3)18-6-5-13-27-18)25-10-8-24(9-11-25)15-16-7-12-26-22-16;/h5-7,12-13,17H,4,8-11,14-15H2,1-3H3,(H,20,21);1H. The Morgan fingerprint density at radius 1 is 1.32 bits per heavy atom. The molecule has 2 aromatic heterocycles. The molecular weight excluding hydrogens is 487 g/mol. The minimum Gasteiger partial charge on any atom is -0.364 e. The first kappa shape index (κ1) is 23.1. The van der Waals surface area contributed by atoms with Gasteiger partial charge in [0.2, 0.25) is 0 Å². The lowest BCUT2D eigenvalue weighted by molar-refractivity contribution is 0.168. The zero-order valence-electron chi connectivity index (χ0n) is 16.9. The molecule has 1 atom stereocenters. The highest BCUT2D eigenvalue weighted by Crippen LogP contribution is 2.23. The molecule has 3 heterocycles. The number of guanidine groups is 1. The van der Waals surface area contributed by atoms with Crippen LogP contribution in [0, 0.1) is 0 Å². The second-order valence-corrected chi connectivity index (χ2v) is 7.92. The summed E-state index contributed by atoms with van der Waals surface area (Å²) in [5, 5.41) is 9.61. The fourth-order valence-electron chi connectivity index (χ4n) is 3.25. The van der Waals surface area contributed by atoms with Crippen molar-refractivity contribution in [1.29, 1.82) is 0 Å². The summed E-state index contributed by atoms with van der Waals surface area (Å²) in [6.07, 6.45) is 1.64. The third kappa shape index (κ3) is 6.43. The van der Waals surface area contributed by atoms with Gasteiger partial charge in [0, 0.05) is 50.2 Å². The molecule has 0 aliphatic carbocycles. The van der Waals surface area contributed by atoms with Gasteiger partial charge in [-0.05, 0) is 32.5 Å².